The quantitative estimate of drug-likeness (QED) is 0.731. The first-order valence-corrected chi connectivity index (χ1v) is 8.69. The Kier molecular flexibility index (Phi) is 6.14. The molecule has 1 fully saturated rings. The minimum atomic E-state index is 0.631. The Hall–Kier alpha value is -1.99. The molecule has 1 N–H and O–H groups in total. The molecule has 130 valence electrons. The van der Waals surface area contributed by atoms with Crippen LogP contribution in [0.4, 0.5) is 0 Å². The number of tetrazole rings is 1. The summed E-state index contributed by atoms with van der Waals surface area (Å²) >= 11 is 0. The fourth-order valence-electron chi connectivity index (χ4n) is 2.81. The lowest BCUT2D eigenvalue weighted by atomic mass is 10.2. The number of hydrogen-bond donors (Lipinski definition) is 1. The molecule has 1 aliphatic rings. The molecule has 0 unspecified atom stereocenters. The summed E-state index contributed by atoms with van der Waals surface area (Å²) in [6, 6.07) is 8.12. The van der Waals surface area contributed by atoms with E-state index < -0.39 is 0 Å². The monoisotopic (exact) mass is 330 g/mol. The molecule has 2 aromatic rings. The zero-order valence-corrected chi connectivity index (χ0v) is 14.3. The third-order valence-corrected chi connectivity index (χ3v) is 4.15. The van der Waals surface area contributed by atoms with Crippen molar-refractivity contribution in [2.75, 3.05) is 39.3 Å². The molecule has 0 amide bonds. The van der Waals surface area contributed by atoms with Crippen molar-refractivity contribution in [3.05, 3.63) is 35.7 Å². The van der Waals surface area contributed by atoms with Crippen molar-refractivity contribution < 1.29 is 4.74 Å². The van der Waals surface area contributed by atoms with Gasteiger partial charge in [-0.2, -0.15) is 4.80 Å². The van der Waals surface area contributed by atoms with Gasteiger partial charge in [-0.3, -0.25) is 0 Å². The second-order valence-corrected chi connectivity index (χ2v) is 6.16. The van der Waals surface area contributed by atoms with E-state index in [1.165, 1.54) is 26.1 Å². The maximum Gasteiger partial charge on any atom is 0.171 e. The summed E-state index contributed by atoms with van der Waals surface area (Å²) in [6.07, 6.45) is 2.28. The van der Waals surface area contributed by atoms with Gasteiger partial charge in [-0.25, -0.2) is 0 Å². The minimum Gasteiger partial charge on any atom is -0.494 e. The number of piperazine rings is 1. The van der Waals surface area contributed by atoms with Gasteiger partial charge < -0.3 is 15.0 Å². The van der Waals surface area contributed by atoms with Crippen LogP contribution in [-0.2, 0) is 6.54 Å². The molecule has 2 heterocycles. The van der Waals surface area contributed by atoms with Crippen LogP contribution in [0, 0.1) is 6.92 Å². The van der Waals surface area contributed by atoms with Gasteiger partial charge in [0, 0.05) is 26.2 Å². The SMILES string of the molecule is Cc1nnn(Cc2ccc(OCCCCN3CCNCC3)cc2)n1. The Morgan fingerprint density at radius 3 is 2.62 bits per heavy atom. The van der Waals surface area contributed by atoms with Crippen LogP contribution in [0.25, 0.3) is 0 Å². The minimum absolute atomic E-state index is 0.631. The third kappa shape index (κ3) is 5.28. The lowest BCUT2D eigenvalue weighted by molar-refractivity contribution is 0.226. The number of aryl methyl sites for hydroxylation is 1. The van der Waals surface area contributed by atoms with Gasteiger partial charge in [-0.05, 0) is 49.2 Å². The molecule has 0 radical (unpaired) electrons. The van der Waals surface area contributed by atoms with E-state index in [-0.39, 0.29) is 0 Å². The second kappa shape index (κ2) is 8.75. The predicted molar refractivity (Wildman–Crippen MR) is 92.1 cm³/mol. The van der Waals surface area contributed by atoms with Crippen molar-refractivity contribution in [1.29, 1.82) is 0 Å². The van der Waals surface area contributed by atoms with E-state index in [9.17, 15) is 0 Å². The van der Waals surface area contributed by atoms with E-state index in [0.29, 0.717) is 12.4 Å². The highest BCUT2D eigenvalue weighted by Gasteiger charge is 2.08. The van der Waals surface area contributed by atoms with Crippen molar-refractivity contribution >= 4 is 0 Å². The topological polar surface area (TPSA) is 68.1 Å². The normalized spacial score (nSPS) is 15.5. The lowest BCUT2D eigenvalue weighted by Gasteiger charge is -2.26. The predicted octanol–water partition coefficient (Wildman–Crippen LogP) is 1.09. The smallest absolute Gasteiger partial charge is 0.171 e. The van der Waals surface area contributed by atoms with Gasteiger partial charge in [0.15, 0.2) is 5.82 Å². The van der Waals surface area contributed by atoms with Crippen molar-refractivity contribution in [2.45, 2.75) is 26.3 Å². The largest absolute Gasteiger partial charge is 0.494 e. The summed E-state index contributed by atoms with van der Waals surface area (Å²) in [5, 5.41) is 15.4. The molecule has 1 aromatic carbocycles. The van der Waals surface area contributed by atoms with Crippen LogP contribution in [0.2, 0.25) is 0 Å². The van der Waals surface area contributed by atoms with Crippen LogP contribution in [0.5, 0.6) is 5.75 Å². The van der Waals surface area contributed by atoms with E-state index in [4.69, 9.17) is 4.74 Å². The van der Waals surface area contributed by atoms with Gasteiger partial charge in [-0.15, -0.1) is 10.2 Å². The Bertz CT molecular complexity index is 606. The summed E-state index contributed by atoms with van der Waals surface area (Å²) in [4.78, 5) is 4.12. The first-order valence-electron chi connectivity index (χ1n) is 8.69. The molecule has 1 aliphatic heterocycles. The van der Waals surface area contributed by atoms with Crippen molar-refractivity contribution in [3.8, 4) is 5.75 Å². The molecule has 0 atom stereocenters. The standard InChI is InChI=1S/C17H26N6O/c1-15-19-21-23(20-15)14-16-4-6-17(7-5-16)24-13-3-2-10-22-11-8-18-9-12-22/h4-7,18H,2-3,8-14H2,1H3. The van der Waals surface area contributed by atoms with Crippen LogP contribution in [-0.4, -0.2) is 64.4 Å². The van der Waals surface area contributed by atoms with Crippen LogP contribution in [0.3, 0.4) is 0 Å². The number of nitrogens with one attached hydrogen (secondary N) is 1. The number of aromatic nitrogens is 4. The summed E-state index contributed by atoms with van der Waals surface area (Å²) in [5.41, 5.74) is 1.14. The van der Waals surface area contributed by atoms with Gasteiger partial charge in [0.1, 0.15) is 5.75 Å². The Morgan fingerprint density at radius 1 is 1.12 bits per heavy atom. The Morgan fingerprint density at radius 2 is 1.92 bits per heavy atom. The third-order valence-electron chi connectivity index (χ3n) is 4.15. The molecule has 0 saturated carbocycles. The molecule has 0 aliphatic carbocycles. The fraction of sp³-hybridized carbons (Fsp3) is 0.588. The highest BCUT2D eigenvalue weighted by atomic mass is 16.5. The highest BCUT2D eigenvalue weighted by molar-refractivity contribution is 5.27. The average molecular weight is 330 g/mol. The molecule has 24 heavy (non-hydrogen) atoms. The van der Waals surface area contributed by atoms with E-state index in [0.717, 1.165) is 37.4 Å². The van der Waals surface area contributed by atoms with E-state index in [1.54, 1.807) is 4.80 Å². The maximum atomic E-state index is 5.82. The summed E-state index contributed by atoms with van der Waals surface area (Å²) < 4.78 is 5.82. The first-order chi connectivity index (χ1) is 11.8. The van der Waals surface area contributed by atoms with Gasteiger partial charge in [0.05, 0.1) is 13.2 Å². The molecule has 7 heteroatoms. The zero-order valence-electron chi connectivity index (χ0n) is 14.3. The number of ether oxygens (including phenoxy) is 1. The average Bonchev–Trinajstić information content (AvgIpc) is 3.02. The number of benzene rings is 1. The Labute approximate surface area is 143 Å². The highest BCUT2D eigenvalue weighted by Crippen LogP contribution is 2.13. The Balaban J connectivity index is 1.33. The van der Waals surface area contributed by atoms with Crippen molar-refractivity contribution in [3.63, 3.8) is 0 Å². The molecule has 0 spiro atoms. The van der Waals surface area contributed by atoms with Crippen molar-refractivity contribution in [1.82, 2.24) is 30.4 Å². The number of hydrogen-bond acceptors (Lipinski definition) is 6. The molecule has 0 bridgehead atoms. The zero-order chi connectivity index (χ0) is 16.6. The second-order valence-electron chi connectivity index (χ2n) is 6.16. The van der Waals surface area contributed by atoms with Crippen molar-refractivity contribution in [2.24, 2.45) is 0 Å². The number of unbranched alkanes of at least 4 members (excludes halogenated alkanes) is 1. The van der Waals surface area contributed by atoms with E-state index in [2.05, 4.69) is 37.8 Å². The molecular formula is C17H26N6O. The molecule has 7 nitrogen and oxygen atoms in total. The lowest BCUT2D eigenvalue weighted by Crippen LogP contribution is -2.43. The van der Waals surface area contributed by atoms with Crippen LogP contribution < -0.4 is 10.1 Å². The summed E-state index contributed by atoms with van der Waals surface area (Å²) in [5.74, 6) is 1.61. The van der Waals surface area contributed by atoms with Gasteiger partial charge in [0.2, 0.25) is 0 Å². The molecule has 1 aromatic heterocycles. The number of nitrogens with zero attached hydrogens (tertiary/aromatic N) is 5. The van der Waals surface area contributed by atoms with Gasteiger partial charge >= 0.3 is 0 Å². The summed E-state index contributed by atoms with van der Waals surface area (Å²) in [6.45, 7) is 8.99. The van der Waals surface area contributed by atoms with Gasteiger partial charge in [0.25, 0.3) is 0 Å². The van der Waals surface area contributed by atoms with E-state index >= 15 is 0 Å². The molecule has 1 saturated heterocycles. The van der Waals surface area contributed by atoms with Gasteiger partial charge in [-0.1, -0.05) is 12.1 Å². The van der Waals surface area contributed by atoms with Crippen LogP contribution >= 0.6 is 0 Å². The molecule has 3 rings (SSSR count). The molecular weight excluding hydrogens is 304 g/mol. The van der Waals surface area contributed by atoms with Crippen LogP contribution in [0.1, 0.15) is 24.2 Å². The number of rotatable bonds is 8. The summed E-state index contributed by atoms with van der Waals surface area (Å²) in [7, 11) is 0. The first kappa shape index (κ1) is 16.9. The van der Waals surface area contributed by atoms with E-state index in [1.807, 2.05) is 19.1 Å². The van der Waals surface area contributed by atoms with Crippen LogP contribution in [0.15, 0.2) is 24.3 Å². The fourth-order valence-corrected chi connectivity index (χ4v) is 2.81. The maximum absolute atomic E-state index is 5.82.